The molecule has 33 heavy (non-hydrogen) atoms. The average Bonchev–Trinajstić information content (AvgIpc) is 3.01. The third-order valence-corrected chi connectivity index (χ3v) is 6.35. The van der Waals surface area contributed by atoms with E-state index in [0.717, 1.165) is 24.9 Å². The summed E-state index contributed by atoms with van der Waals surface area (Å²) in [6.07, 6.45) is -0.252. The molecule has 0 bridgehead atoms. The maximum absolute atomic E-state index is 13.6. The van der Waals surface area contributed by atoms with Gasteiger partial charge in [-0.05, 0) is 36.8 Å². The molecule has 1 aliphatic heterocycles. The molecule has 0 spiro atoms. The van der Waals surface area contributed by atoms with E-state index in [2.05, 4.69) is 5.10 Å². The molecule has 0 aliphatic carbocycles. The smallest absolute Gasteiger partial charge is 0.270 e. The standard InChI is InChI=1S/C22H21F2N3O5S/c1-13-20(19(29)11-15-6-4-7-16(10-15)22(3,23)24)21(30)27(25-13)17-8-5-9-18(12-17)33(31,32)26-14(2)28/h4-10,12,20H,11H2,1-3H3,(H,26,28). The number of carbonyl (C=O) groups is 3. The van der Waals surface area contributed by atoms with Crippen LogP contribution in [0.25, 0.3) is 0 Å². The number of nitrogens with zero attached hydrogens (tertiary/aromatic N) is 2. The summed E-state index contributed by atoms with van der Waals surface area (Å²) in [7, 11) is -4.14. The Morgan fingerprint density at radius 3 is 2.45 bits per heavy atom. The molecule has 1 aliphatic rings. The van der Waals surface area contributed by atoms with Gasteiger partial charge < -0.3 is 0 Å². The van der Waals surface area contributed by atoms with Gasteiger partial charge in [0.2, 0.25) is 5.91 Å². The number of nitrogens with one attached hydrogen (secondary N) is 1. The number of hydrogen-bond acceptors (Lipinski definition) is 6. The van der Waals surface area contributed by atoms with Gasteiger partial charge in [0.1, 0.15) is 5.92 Å². The molecule has 174 valence electrons. The lowest BCUT2D eigenvalue weighted by Gasteiger charge is -2.15. The normalized spacial score (nSPS) is 16.5. The molecule has 1 N–H and O–H groups in total. The molecule has 0 radical (unpaired) electrons. The second-order valence-electron chi connectivity index (χ2n) is 7.72. The number of alkyl halides is 2. The quantitative estimate of drug-likeness (QED) is 0.616. The van der Waals surface area contributed by atoms with Crippen LogP contribution in [0.3, 0.4) is 0 Å². The van der Waals surface area contributed by atoms with Crippen molar-refractivity contribution in [3.8, 4) is 0 Å². The molecular weight excluding hydrogens is 456 g/mol. The average molecular weight is 477 g/mol. The van der Waals surface area contributed by atoms with Crippen LogP contribution in [-0.2, 0) is 36.8 Å². The highest BCUT2D eigenvalue weighted by atomic mass is 32.2. The van der Waals surface area contributed by atoms with Crippen molar-refractivity contribution in [2.45, 2.75) is 38.0 Å². The lowest BCUT2D eigenvalue weighted by Crippen LogP contribution is -2.34. The van der Waals surface area contributed by atoms with Crippen molar-refractivity contribution >= 4 is 39.0 Å². The molecule has 0 saturated carbocycles. The van der Waals surface area contributed by atoms with Gasteiger partial charge >= 0.3 is 0 Å². The summed E-state index contributed by atoms with van der Waals surface area (Å²) in [6, 6.07) is 10.6. The van der Waals surface area contributed by atoms with Crippen LogP contribution in [0.1, 0.15) is 31.9 Å². The van der Waals surface area contributed by atoms with E-state index in [9.17, 15) is 31.6 Å². The number of hydrazone groups is 1. The van der Waals surface area contributed by atoms with Crippen molar-refractivity contribution in [2.24, 2.45) is 11.0 Å². The van der Waals surface area contributed by atoms with Gasteiger partial charge in [0.15, 0.2) is 5.78 Å². The third-order valence-electron chi connectivity index (χ3n) is 4.92. The third kappa shape index (κ3) is 5.30. The van der Waals surface area contributed by atoms with E-state index in [1.54, 1.807) is 0 Å². The predicted octanol–water partition coefficient (Wildman–Crippen LogP) is 2.77. The van der Waals surface area contributed by atoms with Gasteiger partial charge in [-0.25, -0.2) is 21.9 Å². The lowest BCUT2D eigenvalue weighted by atomic mass is 9.93. The highest BCUT2D eigenvalue weighted by Crippen LogP contribution is 2.29. The van der Waals surface area contributed by atoms with Crippen molar-refractivity contribution in [2.75, 3.05) is 5.01 Å². The summed E-state index contributed by atoms with van der Waals surface area (Å²) in [5, 5.41) is 5.02. The van der Waals surface area contributed by atoms with Gasteiger partial charge in [-0.2, -0.15) is 10.1 Å². The maximum Gasteiger partial charge on any atom is 0.270 e. The number of halogens is 2. The molecule has 3 rings (SSSR count). The summed E-state index contributed by atoms with van der Waals surface area (Å²) in [6.45, 7) is 3.28. The molecule has 2 aromatic rings. The SMILES string of the molecule is CC(=O)NS(=O)(=O)c1cccc(N2N=C(C)C(C(=O)Cc3cccc(C(C)(F)F)c3)C2=O)c1. The van der Waals surface area contributed by atoms with E-state index in [-0.39, 0.29) is 28.3 Å². The lowest BCUT2D eigenvalue weighted by molar-refractivity contribution is -0.128. The van der Waals surface area contributed by atoms with Crippen molar-refractivity contribution < 1.29 is 31.6 Å². The van der Waals surface area contributed by atoms with Gasteiger partial charge in [0, 0.05) is 25.8 Å². The highest BCUT2D eigenvalue weighted by Gasteiger charge is 2.39. The number of carbonyl (C=O) groups excluding carboxylic acids is 3. The number of benzene rings is 2. The fourth-order valence-electron chi connectivity index (χ4n) is 3.41. The van der Waals surface area contributed by atoms with Crippen LogP contribution < -0.4 is 9.73 Å². The maximum atomic E-state index is 13.6. The monoisotopic (exact) mass is 477 g/mol. The van der Waals surface area contributed by atoms with E-state index in [1.165, 1.54) is 49.4 Å². The molecule has 1 unspecified atom stereocenters. The molecule has 2 aromatic carbocycles. The van der Waals surface area contributed by atoms with Gasteiger partial charge in [-0.1, -0.05) is 24.3 Å². The van der Waals surface area contributed by atoms with E-state index in [4.69, 9.17) is 0 Å². The number of rotatable bonds is 7. The Balaban J connectivity index is 1.83. The van der Waals surface area contributed by atoms with E-state index in [0.29, 0.717) is 5.56 Å². The molecule has 11 heteroatoms. The number of sulfonamides is 1. The predicted molar refractivity (Wildman–Crippen MR) is 116 cm³/mol. The first-order valence-corrected chi connectivity index (χ1v) is 11.3. The fourth-order valence-corrected chi connectivity index (χ4v) is 4.44. The van der Waals surface area contributed by atoms with E-state index >= 15 is 0 Å². The van der Waals surface area contributed by atoms with Crippen LogP contribution in [0, 0.1) is 5.92 Å². The second-order valence-corrected chi connectivity index (χ2v) is 9.40. The van der Waals surface area contributed by atoms with Gasteiger partial charge in [0.25, 0.3) is 21.9 Å². The van der Waals surface area contributed by atoms with Gasteiger partial charge in [0.05, 0.1) is 16.3 Å². The number of amides is 2. The first-order chi connectivity index (χ1) is 15.3. The number of Topliss-reactive ketones (excluding diaryl/α,β-unsaturated/α-hetero) is 1. The van der Waals surface area contributed by atoms with Crippen LogP contribution in [0.4, 0.5) is 14.5 Å². The zero-order valence-electron chi connectivity index (χ0n) is 18.0. The van der Waals surface area contributed by atoms with Gasteiger partial charge in [-0.15, -0.1) is 0 Å². The Morgan fingerprint density at radius 1 is 1.15 bits per heavy atom. The number of anilines is 1. The van der Waals surface area contributed by atoms with Crippen LogP contribution in [-0.4, -0.2) is 31.7 Å². The second kappa shape index (κ2) is 8.81. The minimum absolute atomic E-state index is 0.0914. The summed E-state index contributed by atoms with van der Waals surface area (Å²) in [5.74, 6) is -6.29. The minimum atomic E-state index is -4.14. The minimum Gasteiger partial charge on any atom is -0.298 e. The summed E-state index contributed by atoms with van der Waals surface area (Å²) < 4.78 is 53.5. The fraction of sp³-hybridized carbons (Fsp3) is 0.273. The number of hydrogen-bond donors (Lipinski definition) is 1. The molecule has 2 amide bonds. The molecule has 8 nitrogen and oxygen atoms in total. The van der Waals surface area contributed by atoms with Crippen LogP contribution in [0.5, 0.6) is 0 Å². The molecular formula is C22H21F2N3O5S. The molecule has 0 saturated heterocycles. The molecule has 0 aromatic heterocycles. The zero-order valence-corrected chi connectivity index (χ0v) is 18.8. The van der Waals surface area contributed by atoms with Crippen molar-refractivity contribution in [1.29, 1.82) is 0 Å². The Labute approximate surface area is 189 Å². The Bertz CT molecular complexity index is 1270. The van der Waals surface area contributed by atoms with Gasteiger partial charge in [-0.3, -0.25) is 14.4 Å². The zero-order chi connectivity index (χ0) is 24.6. The van der Waals surface area contributed by atoms with Crippen LogP contribution in [0.2, 0.25) is 0 Å². The van der Waals surface area contributed by atoms with Crippen molar-refractivity contribution in [3.05, 3.63) is 59.7 Å². The Morgan fingerprint density at radius 2 is 1.82 bits per heavy atom. The summed E-state index contributed by atoms with van der Waals surface area (Å²) in [5.41, 5.74) is 0.377. The number of ketones is 1. The highest BCUT2D eigenvalue weighted by molar-refractivity contribution is 7.90. The first-order valence-electron chi connectivity index (χ1n) is 9.82. The Kier molecular flexibility index (Phi) is 6.46. The summed E-state index contributed by atoms with van der Waals surface area (Å²) >= 11 is 0. The molecule has 0 fully saturated rings. The summed E-state index contributed by atoms with van der Waals surface area (Å²) in [4.78, 5) is 36.7. The van der Waals surface area contributed by atoms with E-state index < -0.39 is 39.5 Å². The first kappa shape index (κ1) is 24.2. The van der Waals surface area contributed by atoms with Crippen LogP contribution in [0.15, 0.2) is 58.5 Å². The topological polar surface area (TPSA) is 113 Å². The Hall–Kier alpha value is -3.47. The largest absolute Gasteiger partial charge is 0.298 e. The molecule has 1 atom stereocenters. The van der Waals surface area contributed by atoms with Crippen molar-refractivity contribution in [1.82, 2.24) is 4.72 Å². The van der Waals surface area contributed by atoms with E-state index in [1.807, 2.05) is 4.72 Å². The van der Waals surface area contributed by atoms with Crippen LogP contribution >= 0.6 is 0 Å². The van der Waals surface area contributed by atoms with Crippen molar-refractivity contribution in [3.63, 3.8) is 0 Å². The molecule has 1 heterocycles.